The maximum Gasteiger partial charge on any atom is 0.329 e. The van der Waals surface area contributed by atoms with Crippen LogP contribution >= 0.6 is 0 Å². The molecule has 30 heavy (non-hydrogen) atoms. The summed E-state index contributed by atoms with van der Waals surface area (Å²) in [7, 11) is 0. The Morgan fingerprint density at radius 2 is 1.80 bits per heavy atom. The van der Waals surface area contributed by atoms with E-state index in [2.05, 4.69) is 0 Å². The van der Waals surface area contributed by atoms with Gasteiger partial charge in [0, 0.05) is 18.7 Å². The highest BCUT2D eigenvalue weighted by Gasteiger charge is 2.52. The second-order valence-electron chi connectivity index (χ2n) is 8.37. The predicted octanol–water partition coefficient (Wildman–Crippen LogP) is 2.25. The summed E-state index contributed by atoms with van der Waals surface area (Å²) in [5.41, 5.74) is 5.04. The first kappa shape index (κ1) is 23.8. The van der Waals surface area contributed by atoms with E-state index in [1.807, 2.05) is 13.8 Å². The van der Waals surface area contributed by atoms with E-state index in [0.29, 0.717) is 13.1 Å². The summed E-state index contributed by atoms with van der Waals surface area (Å²) in [5, 5.41) is 0. The lowest BCUT2D eigenvalue weighted by molar-refractivity contribution is -0.164. The number of nitrogens with zero attached hydrogens (tertiary/aromatic N) is 2. The number of rotatable bonds is 6. The van der Waals surface area contributed by atoms with E-state index >= 15 is 0 Å². The highest BCUT2D eigenvalue weighted by Crippen LogP contribution is 2.43. The van der Waals surface area contributed by atoms with E-state index in [-0.39, 0.29) is 24.4 Å². The first-order valence-corrected chi connectivity index (χ1v) is 10.3. The van der Waals surface area contributed by atoms with Crippen molar-refractivity contribution in [3.63, 3.8) is 0 Å². The van der Waals surface area contributed by atoms with Gasteiger partial charge < -0.3 is 20.3 Å². The van der Waals surface area contributed by atoms with Crippen molar-refractivity contribution in [1.29, 1.82) is 0 Å². The summed E-state index contributed by atoms with van der Waals surface area (Å²) < 4.78 is 20.3. The fraction of sp³-hybridized carbons (Fsp3) is 0.591. The van der Waals surface area contributed by atoms with Crippen LogP contribution in [0.4, 0.5) is 4.39 Å². The Morgan fingerprint density at radius 1 is 1.20 bits per heavy atom. The van der Waals surface area contributed by atoms with Crippen molar-refractivity contribution in [2.24, 2.45) is 11.7 Å². The van der Waals surface area contributed by atoms with Gasteiger partial charge in [-0.3, -0.25) is 9.59 Å². The maximum absolute atomic E-state index is 14.8. The van der Waals surface area contributed by atoms with Gasteiger partial charge in [0.1, 0.15) is 17.5 Å². The Labute approximate surface area is 177 Å². The van der Waals surface area contributed by atoms with Crippen LogP contribution in [0.3, 0.4) is 0 Å². The normalized spacial score (nSPS) is 21.4. The highest BCUT2D eigenvalue weighted by molar-refractivity contribution is 5.90. The molecule has 3 atom stereocenters. The number of hydrogen-bond donors (Lipinski definition) is 1. The summed E-state index contributed by atoms with van der Waals surface area (Å²) in [6.45, 7) is 9.45. The summed E-state index contributed by atoms with van der Waals surface area (Å²) in [5.74, 6) is -2.71. The van der Waals surface area contributed by atoms with Gasteiger partial charge in [0.05, 0.1) is 18.5 Å². The standard InChI is InChI=1S/C22H32FN3O4/c1-6-25(7-2)20(28)15-12-17(21(29)30-22(3,4)5)26(18(27)13-24)19(15)14-10-8-9-11-16(14)23/h8-11,15,17,19H,6-7,12-13,24H2,1-5H3. The molecule has 0 radical (unpaired) electrons. The lowest BCUT2D eigenvalue weighted by atomic mass is 9.91. The fourth-order valence-electron chi connectivity index (χ4n) is 3.97. The smallest absolute Gasteiger partial charge is 0.329 e. The number of ether oxygens (including phenoxy) is 1. The second-order valence-corrected chi connectivity index (χ2v) is 8.37. The number of benzene rings is 1. The lowest BCUT2D eigenvalue weighted by Crippen LogP contribution is -2.47. The number of halogens is 1. The van der Waals surface area contributed by atoms with Crippen LogP contribution in [0.15, 0.2) is 24.3 Å². The zero-order chi connectivity index (χ0) is 22.6. The van der Waals surface area contributed by atoms with Gasteiger partial charge in [-0.05, 0) is 47.1 Å². The van der Waals surface area contributed by atoms with Gasteiger partial charge >= 0.3 is 5.97 Å². The Kier molecular flexibility index (Phi) is 7.58. The third kappa shape index (κ3) is 4.98. The summed E-state index contributed by atoms with van der Waals surface area (Å²) in [6.07, 6.45) is 0.0506. The molecule has 3 unspecified atom stereocenters. The van der Waals surface area contributed by atoms with Crippen LogP contribution in [0.25, 0.3) is 0 Å². The Morgan fingerprint density at radius 3 is 2.30 bits per heavy atom. The molecule has 1 aliphatic rings. The van der Waals surface area contributed by atoms with Crippen molar-refractivity contribution in [1.82, 2.24) is 9.80 Å². The minimum atomic E-state index is -1.02. The number of esters is 1. The summed E-state index contributed by atoms with van der Waals surface area (Å²) in [4.78, 5) is 41.9. The molecule has 0 saturated carbocycles. The topological polar surface area (TPSA) is 92.9 Å². The number of hydrogen-bond acceptors (Lipinski definition) is 5. The average Bonchev–Trinajstić information content (AvgIpc) is 3.07. The van der Waals surface area contributed by atoms with Gasteiger partial charge in [0.15, 0.2) is 0 Å². The molecule has 0 aliphatic carbocycles. The molecule has 2 rings (SSSR count). The molecule has 0 spiro atoms. The van der Waals surface area contributed by atoms with Crippen LogP contribution in [0, 0.1) is 11.7 Å². The molecular weight excluding hydrogens is 389 g/mol. The molecular formula is C22H32FN3O4. The van der Waals surface area contributed by atoms with E-state index in [1.165, 1.54) is 23.1 Å². The molecule has 1 aromatic rings. The lowest BCUT2D eigenvalue weighted by Gasteiger charge is -2.33. The van der Waals surface area contributed by atoms with Crippen molar-refractivity contribution < 1.29 is 23.5 Å². The van der Waals surface area contributed by atoms with Crippen LogP contribution in [-0.2, 0) is 19.1 Å². The van der Waals surface area contributed by atoms with Crippen molar-refractivity contribution in [2.75, 3.05) is 19.6 Å². The first-order valence-electron chi connectivity index (χ1n) is 10.3. The number of likely N-dealkylation sites (tertiary alicyclic amines) is 1. The van der Waals surface area contributed by atoms with Gasteiger partial charge in [-0.2, -0.15) is 0 Å². The minimum Gasteiger partial charge on any atom is -0.458 e. The molecule has 7 nitrogen and oxygen atoms in total. The van der Waals surface area contributed by atoms with Crippen LogP contribution in [0.2, 0.25) is 0 Å². The van der Waals surface area contributed by atoms with Gasteiger partial charge in [-0.15, -0.1) is 0 Å². The van der Waals surface area contributed by atoms with E-state index in [1.54, 1.807) is 31.7 Å². The summed E-state index contributed by atoms with van der Waals surface area (Å²) >= 11 is 0. The van der Waals surface area contributed by atoms with Crippen molar-refractivity contribution in [3.05, 3.63) is 35.6 Å². The zero-order valence-electron chi connectivity index (χ0n) is 18.4. The molecule has 0 bridgehead atoms. The maximum atomic E-state index is 14.8. The van der Waals surface area contributed by atoms with Gasteiger partial charge in [-0.25, -0.2) is 9.18 Å². The van der Waals surface area contributed by atoms with Crippen LogP contribution < -0.4 is 5.73 Å². The summed E-state index contributed by atoms with van der Waals surface area (Å²) in [6, 6.07) is 4.04. The molecule has 2 amide bonds. The monoisotopic (exact) mass is 421 g/mol. The molecule has 8 heteroatoms. The van der Waals surface area contributed by atoms with Crippen molar-refractivity contribution in [2.45, 2.75) is 58.7 Å². The number of amides is 2. The Bertz CT molecular complexity index is 789. The van der Waals surface area contributed by atoms with Crippen LogP contribution in [0.1, 0.15) is 52.6 Å². The van der Waals surface area contributed by atoms with Crippen LogP contribution in [0.5, 0.6) is 0 Å². The molecule has 1 saturated heterocycles. The third-order valence-corrected chi connectivity index (χ3v) is 5.25. The molecule has 1 aliphatic heterocycles. The molecule has 1 fully saturated rings. The Balaban J connectivity index is 2.59. The molecule has 1 heterocycles. The third-order valence-electron chi connectivity index (χ3n) is 5.25. The molecule has 0 aromatic heterocycles. The van der Waals surface area contributed by atoms with Gasteiger partial charge in [0.25, 0.3) is 0 Å². The van der Waals surface area contributed by atoms with Gasteiger partial charge in [-0.1, -0.05) is 18.2 Å². The quantitative estimate of drug-likeness (QED) is 0.711. The number of carbonyl (C=O) groups excluding carboxylic acids is 3. The average molecular weight is 422 g/mol. The molecule has 2 N–H and O–H groups in total. The fourth-order valence-corrected chi connectivity index (χ4v) is 3.97. The van der Waals surface area contributed by atoms with Crippen molar-refractivity contribution >= 4 is 17.8 Å². The first-order chi connectivity index (χ1) is 14.1. The SMILES string of the molecule is CCN(CC)C(=O)C1CC(C(=O)OC(C)(C)C)N(C(=O)CN)C1c1ccccc1F. The number of carbonyl (C=O) groups is 3. The molecule has 1 aromatic carbocycles. The van der Waals surface area contributed by atoms with E-state index in [0.717, 1.165) is 0 Å². The van der Waals surface area contributed by atoms with E-state index < -0.39 is 41.3 Å². The Hall–Kier alpha value is -2.48. The second kappa shape index (κ2) is 9.55. The van der Waals surface area contributed by atoms with Crippen LogP contribution in [-0.4, -0.2) is 58.9 Å². The van der Waals surface area contributed by atoms with E-state index in [9.17, 15) is 18.8 Å². The zero-order valence-corrected chi connectivity index (χ0v) is 18.4. The number of nitrogens with two attached hydrogens (primary N) is 1. The predicted molar refractivity (Wildman–Crippen MR) is 111 cm³/mol. The van der Waals surface area contributed by atoms with Crippen molar-refractivity contribution in [3.8, 4) is 0 Å². The molecule has 166 valence electrons. The van der Waals surface area contributed by atoms with E-state index in [4.69, 9.17) is 10.5 Å². The van der Waals surface area contributed by atoms with Gasteiger partial charge in [0.2, 0.25) is 11.8 Å². The largest absolute Gasteiger partial charge is 0.458 e. The minimum absolute atomic E-state index is 0.0506. The highest BCUT2D eigenvalue weighted by atomic mass is 19.1.